The van der Waals surface area contributed by atoms with Gasteiger partial charge < -0.3 is 5.73 Å². The number of aromatic nitrogens is 1. The Kier molecular flexibility index (Phi) is 3.18. The summed E-state index contributed by atoms with van der Waals surface area (Å²) in [4.78, 5) is 2.97. The molecule has 0 saturated heterocycles. The Hall–Kier alpha value is -1.74. The van der Waals surface area contributed by atoms with E-state index in [9.17, 15) is 17.2 Å². The first-order valence-electron chi connectivity index (χ1n) is 4.57. The second kappa shape index (κ2) is 4.50. The van der Waals surface area contributed by atoms with E-state index in [2.05, 4.69) is 9.71 Å². The molecule has 0 aliphatic heterocycles. The zero-order valence-corrected chi connectivity index (χ0v) is 10.4. The van der Waals surface area contributed by atoms with Crippen LogP contribution in [0.1, 0.15) is 0 Å². The lowest BCUT2D eigenvalue weighted by Crippen LogP contribution is -2.15. The van der Waals surface area contributed by atoms with Gasteiger partial charge in [0.15, 0.2) is 5.13 Å². The van der Waals surface area contributed by atoms with E-state index in [-0.39, 0.29) is 5.13 Å². The van der Waals surface area contributed by atoms with Gasteiger partial charge >= 0.3 is 0 Å². The Morgan fingerprint density at radius 1 is 1.28 bits per heavy atom. The summed E-state index contributed by atoms with van der Waals surface area (Å²) in [7, 11) is -4.18. The topological polar surface area (TPSA) is 85.1 Å². The summed E-state index contributed by atoms with van der Waals surface area (Å²) in [6.45, 7) is 0. The summed E-state index contributed by atoms with van der Waals surface area (Å²) in [6, 6.07) is 1.15. The summed E-state index contributed by atoms with van der Waals surface area (Å²) in [5.74, 6) is -2.23. The number of sulfonamides is 1. The fraction of sp³-hybridized carbons (Fsp3) is 0. The van der Waals surface area contributed by atoms with Gasteiger partial charge in [-0.25, -0.2) is 22.2 Å². The van der Waals surface area contributed by atoms with Crippen LogP contribution in [0.2, 0.25) is 0 Å². The number of hydrogen-bond acceptors (Lipinski definition) is 5. The molecule has 18 heavy (non-hydrogen) atoms. The van der Waals surface area contributed by atoms with Crippen molar-refractivity contribution in [1.82, 2.24) is 4.98 Å². The van der Waals surface area contributed by atoms with Crippen LogP contribution in [0.15, 0.2) is 28.6 Å². The van der Waals surface area contributed by atoms with Crippen molar-refractivity contribution in [2.45, 2.75) is 4.90 Å². The third-order valence-electron chi connectivity index (χ3n) is 1.99. The molecule has 0 saturated carbocycles. The third-order valence-corrected chi connectivity index (χ3v) is 4.17. The summed E-state index contributed by atoms with van der Waals surface area (Å²) in [5, 5.41) is 1.63. The molecule has 0 fully saturated rings. The van der Waals surface area contributed by atoms with Gasteiger partial charge in [0.05, 0.1) is 5.69 Å². The lowest BCUT2D eigenvalue weighted by Gasteiger charge is -2.07. The minimum Gasteiger partial charge on any atom is -0.396 e. The molecule has 0 aliphatic rings. The molecular formula is C9H7F2N3O2S2. The number of anilines is 2. The molecule has 1 aromatic heterocycles. The van der Waals surface area contributed by atoms with Gasteiger partial charge in [0, 0.05) is 17.6 Å². The summed E-state index contributed by atoms with van der Waals surface area (Å²) in [5.41, 5.74) is 4.76. The van der Waals surface area contributed by atoms with Crippen molar-refractivity contribution in [2.24, 2.45) is 0 Å². The van der Waals surface area contributed by atoms with Crippen molar-refractivity contribution in [1.29, 1.82) is 0 Å². The highest BCUT2D eigenvalue weighted by Gasteiger charge is 2.22. The molecule has 0 spiro atoms. The minimum atomic E-state index is -4.18. The third kappa shape index (κ3) is 2.41. The van der Waals surface area contributed by atoms with E-state index in [1.165, 1.54) is 6.20 Å². The Morgan fingerprint density at radius 3 is 2.61 bits per heavy atom. The molecule has 96 valence electrons. The Morgan fingerprint density at radius 2 is 2.00 bits per heavy atom. The largest absolute Gasteiger partial charge is 0.396 e. The SMILES string of the molecule is Nc1cc(S(=O)(=O)Nc2nccs2)c(F)cc1F. The van der Waals surface area contributed by atoms with Crippen molar-refractivity contribution in [3.63, 3.8) is 0 Å². The average molecular weight is 291 g/mol. The predicted octanol–water partition coefficient (Wildman–Crippen LogP) is 1.80. The van der Waals surface area contributed by atoms with Crippen LogP contribution < -0.4 is 10.5 Å². The smallest absolute Gasteiger partial charge is 0.266 e. The summed E-state index contributed by atoms with van der Waals surface area (Å²) < 4.78 is 52.1. The van der Waals surface area contributed by atoms with E-state index in [0.717, 1.165) is 17.4 Å². The van der Waals surface area contributed by atoms with Gasteiger partial charge in [0.25, 0.3) is 10.0 Å². The highest BCUT2D eigenvalue weighted by Crippen LogP contribution is 2.23. The van der Waals surface area contributed by atoms with Gasteiger partial charge in [-0.1, -0.05) is 0 Å². The number of rotatable bonds is 3. The minimum absolute atomic E-state index is 0.0808. The van der Waals surface area contributed by atoms with E-state index in [1.807, 2.05) is 0 Å². The van der Waals surface area contributed by atoms with Crippen molar-refractivity contribution in [3.05, 3.63) is 35.3 Å². The predicted molar refractivity (Wildman–Crippen MR) is 63.7 cm³/mol. The van der Waals surface area contributed by atoms with E-state index in [1.54, 1.807) is 5.38 Å². The average Bonchev–Trinajstić information content (AvgIpc) is 2.75. The molecule has 2 rings (SSSR count). The van der Waals surface area contributed by atoms with E-state index in [4.69, 9.17) is 5.73 Å². The maximum absolute atomic E-state index is 13.4. The second-order valence-corrected chi connectivity index (χ2v) is 5.79. The molecule has 1 aromatic carbocycles. The summed E-state index contributed by atoms with van der Waals surface area (Å²) >= 11 is 1.03. The maximum Gasteiger partial charge on any atom is 0.266 e. The number of nitrogens with one attached hydrogen (secondary N) is 1. The Balaban J connectivity index is 2.44. The van der Waals surface area contributed by atoms with Gasteiger partial charge in [-0.05, 0) is 6.07 Å². The van der Waals surface area contributed by atoms with Crippen LogP contribution in [-0.2, 0) is 10.0 Å². The molecule has 0 bridgehead atoms. The first-order chi connectivity index (χ1) is 8.40. The molecule has 0 aliphatic carbocycles. The zero-order valence-electron chi connectivity index (χ0n) is 8.72. The number of halogens is 2. The summed E-state index contributed by atoms with van der Waals surface area (Å²) in [6.07, 6.45) is 1.39. The number of hydrogen-bond donors (Lipinski definition) is 2. The molecular weight excluding hydrogens is 284 g/mol. The molecule has 1 heterocycles. The Bertz CT molecular complexity index is 671. The lowest BCUT2D eigenvalue weighted by molar-refractivity contribution is 0.553. The fourth-order valence-electron chi connectivity index (χ4n) is 1.19. The zero-order chi connectivity index (χ0) is 13.3. The van der Waals surface area contributed by atoms with Crippen molar-refractivity contribution < 1.29 is 17.2 Å². The van der Waals surface area contributed by atoms with E-state index < -0.39 is 32.2 Å². The molecule has 9 heteroatoms. The molecule has 0 atom stereocenters. The standard InChI is InChI=1S/C9H7F2N3O2S2/c10-5-3-6(11)8(4-7(5)12)18(15,16)14-9-13-1-2-17-9/h1-4H,12H2,(H,13,14). The number of thiazole rings is 1. The quantitative estimate of drug-likeness (QED) is 0.844. The first kappa shape index (κ1) is 12.7. The van der Waals surface area contributed by atoms with Gasteiger partial charge in [0.2, 0.25) is 0 Å². The molecule has 5 nitrogen and oxygen atoms in total. The first-order valence-corrected chi connectivity index (χ1v) is 6.93. The number of nitrogens with two attached hydrogens (primary N) is 1. The second-order valence-electron chi connectivity index (χ2n) is 3.25. The van der Waals surface area contributed by atoms with Gasteiger partial charge in [-0.3, -0.25) is 4.72 Å². The maximum atomic E-state index is 13.4. The van der Waals surface area contributed by atoms with Crippen molar-refractivity contribution in [2.75, 3.05) is 10.5 Å². The number of nitrogen functional groups attached to an aromatic ring is 1. The van der Waals surface area contributed by atoms with Crippen LogP contribution in [0.4, 0.5) is 19.6 Å². The van der Waals surface area contributed by atoms with Crippen LogP contribution in [0, 0.1) is 11.6 Å². The molecule has 3 N–H and O–H groups in total. The fourth-order valence-corrected chi connectivity index (χ4v) is 3.08. The van der Waals surface area contributed by atoms with Crippen molar-refractivity contribution in [3.8, 4) is 0 Å². The van der Waals surface area contributed by atoms with Crippen molar-refractivity contribution >= 4 is 32.2 Å². The van der Waals surface area contributed by atoms with Gasteiger partial charge in [-0.2, -0.15) is 0 Å². The van der Waals surface area contributed by atoms with Crippen LogP contribution in [0.5, 0.6) is 0 Å². The van der Waals surface area contributed by atoms with Crippen LogP contribution in [0.3, 0.4) is 0 Å². The van der Waals surface area contributed by atoms with Crippen LogP contribution in [-0.4, -0.2) is 13.4 Å². The van der Waals surface area contributed by atoms with Crippen LogP contribution in [0.25, 0.3) is 0 Å². The van der Waals surface area contributed by atoms with Crippen LogP contribution >= 0.6 is 11.3 Å². The lowest BCUT2D eigenvalue weighted by atomic mass is 10.3. The normalized spacial score (nSPS) is 11.4. The number of benzene rings is 1. The molecule has 0 unspecified atom stereocenters. The molecule has 0 radical (unpaired) electrons. The van der Waals surface area contributed by atoms with E-state index in [0.29, 0.717) is 6.07 Å². The highest BCUT2D eigenvalue weighted by atomic mass is 32.2. The number of nitrogens with zero attached hydrogens (tertiary/aromatic N) is 1. The van der Waals surface area contributed by atoms with Gasteiger partial charge in [-0.15, -0.1) is 11.3 Å². The molecule has 0 amide bonds. The molecule has 2 aromatic rings. The Labute approximate surface area is 105 Å². The van der Waals surface area contributed by atoms with Gasteiger partial charge in [0.1, 0.15) is 16.5 Å². The highest BCUT2D eigenvalue weighted by molar-refractivity contribution is 7.93. The van der Waals surface area contributed by atoms with E-state index >= 15 is 0 Å². The monoisotopic (exact) mass is 291 g/mol.